The Hall–Kier alpha value is -3.94. The Bertz CT molecular complexity index is 1210. The van der Waals surface area contributed by atoms with Crippen LogP contribution >= 0.6 is 0 Å². The van der Waals surface area contributed by atoms with E-state index in [0.29, 0.717) is 16.9 Å². The highest BCUT2D eigenvalue weighted by atomic mass is 16.6. The van der Waals surface area contributed by atoms with Crippen molar-refractivity contribution in [2.75, 3.05) is 7.11 Å². The van der Waals surface area contributed by atoms with Gasteiger partial charge in [-0.15, -0.1) is 0 Å². The van der Waals surface area contributed by atoms with Crippen LogP contribution in [0.1, 0.15) is 17.1 Å². The predicted octanol–water partition coefficient (Wildman–Crippen LogP) is 4.14. The van der Waals surface area contributed by atoms with E-state index in [1.54, 1.807) is 19.5 Å². The molecule has 1 N–H and O–H groups in total. The number of ether oxygens (including phenoxy) is 1. The summed E-state index contributed by atoms with van der Waals surface area (Å²) in [5.74, 6) is 1.34. The average molecular weight is 375 g/mol. The summed E-state index contributed by atoms with van der Waals surface area (Å²) in [6.07, 6.45) is 7.40. The number of aryl methyl sites for hydroxylation is 1. The number of nitrogens with zero attached hydrogens (tertiary/aromatic N) is 4. The molecule has 8 heteroatoms. The molecule has 8 nitrogen and oxygen atoms in total. The van der Waals surface area contributed by atoms with Crippen LogP contribution in [0.15, 0.2) is 48.9 Å². The molecule has 0 amide bonds. The lowest BCUT2D eigenvalue weighted by molar-refractivity contribution is -0.384. The first-order chi connectivity index (χ1) is 13.5. The Morgan fingerprint density at radius 2 is 2.07 bits per heavy atom. The van der Waals surface area contributed by atoms with Crippen LogP contribution < -0.4 is 4.74 Å². The number of nitro benzene ring substituents is 1. The summed E-state index contributed by atoms with van der Waals surface area (Å²) in [6, 6.07) is 10.4. The van der Waals surface area contributed by atoms with Crippen molar-refractivity contribution in [1.82, 2.24) is 19.5 Å². The minimum absolute atomic E-state index is 0.0294. The second-order valence-corrected chi connectivity index (χ2v) is 6.27. The predicted molar refractivity (Wildman–Crippen MR) is 107 cm³/mol. The number of nitrogens with one attached hydrogen (secondary N) is 1. The van der Waals surface area contributed by atoms with Gasteiger partial charge in [0.25, 0.3) is 5.69 Å². The van der Waals surface area contributed by atoms with Crippen molar-refractivity contribution >= 4 is 28.9 Å². The third kappa shape index (κ3) is 3.35. The fourth-order valence-electron chi connectivity index (χ4n) is 2.95. The van der Waals surface area contributed by atoms with Crippen LogP contribution in [-0.4, -0.2) is 31.6 Å². The van der Waals surface area contributed by atoms with Crippen molar-refractivity contribution in [2.45, 2.75) is 6.92 Å². The van der Waals surface area contributed by atoms with Crippen molar-refractivity contribution in [2.24, 2.45) is 0 Å². The molecule has 140 valence electrons. The molecular weight excluding hydrogens is 358 g/mol. The lowest BCUT2D eigenvalue weighted by Crippen LogP contribution is -1.95. The molecule has 2 aromatic carbocycles. The van der Waals surface area contributed by atoms with Gasteiger partial charge in [-0.25, -0.2) is 9.97 Å². The number of rotatable bonds is 5. The van der Waals surface area contributed by atoms with Crippen molar-refractivity contribution in [3.63, 3.8) is 0 Å². The molecule has 0 saturated carbocycles. The molecule has 0 radical (unpaired) electrons. The molecule has 2 aromatic heterocycles. The number of aromatic amines is 1. The number of non-ortho nitro benzene ring substituents is 1. The lowest BCUT2D eigenvalue weighted by Gasteiger charge is -2.09. The van der Waals surface area contributed by atoms with E-state index < -0.39 is 4.92 Å². The maximum Gasteiger partial charge on any atom is 0.271 e. The van der Waals surface area contributed by atoms with Crippen LogP contribution in [-0.2, 0) is 0 Å². The van der Waals surface area contributed by atoms with Gasteiger partial charge in [0, 0.05) is 18.3 Å². The zero-order valence-corrected chi connectivity index (χ0v) is 15.3. The number of benzene rings is 2. The molecule has 0 atom stereocenters. The third-order valence-corrected chi connectivity index (χ3v) is 4.32. The quantitative estimate of drug-likeness (QED) is 0.417. The number of hydrogen-bond acceptors (Lipinski definition) is 5. The van der Waals surface area contributed by atoms with E-state index in [9.17, 15) is 10.1 Å². The molecule has 4 rings (SSSR count). The average Bonchev–Trinajstić information content (AvgIpc) is 3.31. The first kappa shape index (κ1) is 17.5. The van der Waals surface area contributed by atoms with Crippen LogP contribution in [0, 0.1) is 17.0 Å². The monoisotopic (exact) mass is 375 g/mol. The third-order valence-electron chi connectivity index (χ3n) is 4.32. The zero-order chi connectivity index (χ0) is 19.7. The van der Waals surface area contributed by atoms with Gasteiger partial charge in [-0.3, -0.25) is 10.1 Å². The number of nitro groups is 1. The minimum Gasteiger partial charge on any atom is -0.495 e. The molecule has 0 saturated heterocycles. The Balaban J connectivity index is 1.62. The highest BCUT2D eigenvalue weighted by Gasteiger charge is 2.09. The number of fused-ring (bicyclic) bond motifs is 1. The maximum atomic E-state index is 10.9. The molecule has 0 aliphatic rings. The summed E-state index contributed by atoms with van der Waals surface area (Å²) < 4.78 is 7.43. The van der Waals surface area contributed by atoms with Crippen LogP contribution in [0.3, 0.4) is 0 Å². The van der Waals surface area contributed by atoms with E-state index >= 15 is 0 Å². The van der Waals surface area contributed by atoms with Gasteiger partial charge < -0.3 is 14.3 Å². The number of hydrogen-bond donors (Lipinski definition) is 1. The second-order valence-electron chi connectivity index (χ2n) is 6.27. The molecule has 0 spiro atoms. The number of imidazole rings is 2. The minimum atomic E-state index is -0.425. The van der Waals surface area contributed by atoms with E-state index in [1.807, 2.05) is 48.0 Å². The molecule has 2 heterocycles. The largest absolute Gasteiger partial charge is 0.495 e. The highest BCUT2D eigenvalue weighted by molar-refractivity contribution is 5.81. The van der Waals surface area contributed by atoms with Crippen molar-refractivity contribution in [3.8, 4) is 11.4 Å². The van der Waals surface area contributed by atoms with Gasteiger partial charge in [-0.2, -0.15) is 0 Å². The van der Waals surface area contributed by atoms with E-state index in [0.717, 1.165) is 22.7 Å². The molecule has 0 aliphatic carbocycles. The van der Waals surface area contributed by atoms with Gasteiger partial charge in [0.2, 0.25) is 0 Å². The SMILES string of the molecule is COc1cc(C=Cc2nc3ccc([N+](=O)[O-])cc3[nH]2)ccc1-n1cnc(C)c1. The molecule has 0 unspecified atom stereocenters. The molecular formula is C20H17N5O3. The maximum absolute atomic E-state index is 10.9. The summed E-state index contributed by atoms with van der Waals surface area (Å²) in [5.41, 5.74) is 4.09. The molecule has 4 aromatic rings. The van der Waals surface area contributed by atoms with Crippen LogP contribution in [0.5, 0.6) is 5.75 Å². The first-order valence-electron chi connectivity index (χ1n) is 8.55. The summed E-state index contributed by atoms with van der Waals surface area (Å²) in [5, 5.41) is 10.9. The van der Waals surface area contributed by atoms with Gasteiger partial charge in [-0.1, -0.05) is 12.1 Å². The summed E-state index contributed by atoms with van der Waals surface area (Å²) in [4.78, 5) is 22.2. The molecule has 0 aliphatic heterocycles. The molecule has 28 heavy (non-hydrogen) atoms. The van der Waals surface area contributed by atoms with E-state index in [4.69, 9.17) is 4.74 Å². The Labute approximate surface area is 160 Å². The van der Waals surface area contributed by atoms with Gasteiger partial charge in [0.1, 0.15) is 11.6 Å². The Kier molecular flexibility index (Phi) is 4.36. The lowest BCUT2D eigenvalue weighted by atomic mass is 10.1. The van der Waals surface area contributed by atoms with E-state index in [2.05, 4.69) is 15.0 Å². The smallest absolute Gasteiger partial charge is 0.271 e. The van der Waals surface area contributed by atoms with Gasteiger partial charge in [-0.05, 0) is 36.8 Å². The fourth-order valence-corrected chi connectivity index (χ4v) is 2.95. The molecule has 0 bridgehead atoms. The van der Waals surface area contributed by atoms with Crippen LogP contribution in [0.25, 0.3) is 28.9 Å². The number of methoxy groups -OCH3 is 1. The standard InChI is InChI=1S/C20H17N5O3/c1-13-11-24(12-21-13)18-7-3-14(9-19(18)28-2)4-8-20-22-16-6-5-15(25(26)27)10-17(16)23-20/h3-12H,1-2H3,(H,22,23). The van der Waals surface area contributed by atoms with Crippen LogP contribution in [0.4, 0.5) is 5.69 Å². The summed E-state index contributed by atoms with van der Waals surface area (Å²) in [7, 11) is 1.63. The zero-order valence-electron chi connectivity index (χ0n) is 15.3. The fraction of sp³-hybridized carbons (Fsp3) is 0.100. The van der Waals surface area contributed by atoms with Gasteiger partial charge >= 0.3 is 0 Å². The van der Waals surface area contributed by atoms with Crippen LogP contribution in [0.2, 0.25) is 0 Å². The van der Waals surface area contributed by atoms with E-state index in [1.165, 1.54) is 12.1 Å². The summed E-state index contributed by atoms with van der Waals surface area (Å²) in [6.45, 7) is 1.93. The second kappa shape index (κ2) is 6.99. The Morgan fingerprint density at radius 3 is 2.79 bits per heavy atom. The van der Waals surface area contributed by atoms with Crippen molar-refractivity contribution in [3.05, 3.63) is 76.1 Å². The van der Waals surface area contributed by atoms with Gasteiger partial charge in [0.15, 0.2) is 0 Å². The first-order valence-corrected chi connectivity index (χ1v) is 8.55. The van der Waals surface area contributed by atoms with Crippen molar-refractivity contribution in [1.29, 1.82) is 0 Å². The molecule has 0 fully saturated rings. The van der Waals surface area contributed by atoms with Gasteiger partial charge in [0.05, 0.1) is 40.8 Å². The number of H-pyrrole nitrogens is 1. The van der Waals surface area contributed by atoms with Crippen molar-refractivity contribution < 1.29 is 9.66 Å². The Morgan fingerprint density at radius 1 is 1.21 bits per heavy atom. The number of aromatic nitrogens is 4. The van der Waals surface area contributed by atoms with E-state index in [-0.39, 0.29) is 5.69 Å². The summed E-state index contributed by atoms with van der Waals surface area (Å²) >= 11 is 0. The highest BCUT2D eigenvalue weighted by Crippen LogP contribution is 2.26. The topological polar surface area (TPSA) is 98.9 Å². The normalized spacial score (nSPS) is 11.4.